The average Bonchev–Trinajstić information content (AvgIpc) is 2.54. The number of rotatable bonds is 8. The minimum Gasteiger partial charge on any atom is -0.473 e. The van der Waals surface area contributed by atoms with E-state index in [4.69, 9.17) is 10.5 Å². The normalized spacial score (nSPS) is 13.4. The van der Waals surface area contributed by atoms with Crippen molar-refractivity contribution < 1.29 is 4.74 Å². The summed E-state index contributed by atoms with van der Waals surface area (Å²) in [5, 5.41) is 3.27. The molecule has 0 saturated heterocycles. The van der Waals surface area contributed by atoms with E-state index in [9.17, 15) is 0 Å². The van der Waals surface area contributed by atoms with Gasteiger partial charge in [0, 0.05) is 31.0 Å². The molecule has 3 N–H and O–H groups in total. The third-order valence-corrected chi connectivity index (χ3v) is 3.71. The Kier molecular flexibility index (Phi) is 6.55. The lowest BCUT2D eigenvalue weighted by atomic mass is 10.1. The summed E-state index contributed by atoms with van der Waals surface area (Å²) in [7, 11) is 0. The average molecular weight is 317 g/mol. The van der Waals surface area contributed by atoms with Crippen LogP contribution >= 0.6 is 12.6 Å². The predicted octanol–water partition coefficient (Wildman–Crippen LogP) is 2.76. The molecule has 5 heteroatoms. The van der Waals surface area contributed by atoms with Gasteiger partial charge in [0.2, 0.25) is 5.88 Å². The third kappa shape index (κ3) is 5.24. The van der Waals surface area contributed by atoms with Gasteiger partial charge in [-0.1, -0.05) is 30.3 Å². The quantitative estimate of drug-likeness (QED) is 0.655. The second-order valence-electron chi connectivity index (χ2n) is 5.30. The molecule has 4 nitrogen and oxygen atoms in total. The summed E-state index contributed by atoms with van der Waals surface area (Å²) in [6.45, 7) is 2.68. The summed E-state index contributed by atoms with van der Waals surface area (Å²) in [5.41, 5.74) is 7.98. The van der Waals surface area contributed by atoms with Crippen LogP contribution in [0.5, 0.6) is 5.88 Å². The summed E-state index contributed by atoms with van der Waals surface area (Å²) in [5.74, 6) is 1.24. The third-order valence-electron chi connectivity index (χ3n) is 3.24. The van der Waals surface area contributed by atoms with Crippen LogP contribution in [0.2, 0.25) is 0 Å². The predicted molar refractivity (Wildman–Crippen MR) is 94.8 cm³/mol. The van der Waals surface area contributed by atoms with E-state index in [0.29, 0.717) is 18.2 Å². The first-order chi connectivity index (χ1) is 10.7. The van der Waals surface area contributed by atoms with Gasteiger partial charge < -0.3 is 15.8 Å². The van der Waals surface area contributed by atoms with Crippen molar-refractivity contribution >= 4 is 18.3 Å². The number of anilines is 1. The van der Waals surface area contributed by atoms with Crippen LogP contribution in [-0.2, 0) is 6.42 Å². The highest BCUT2D eigenvalue weighted by Gasteiger charge is 2.11. The lowest BCUT2D eigenvalue weighted by Crippen LogP contribution is -2.30. The van der Waals surface area contributed by atoms with Gasteiger partial charge in [0.1, 0.15) is 6.10 Å². The Morgan fingerprint density at radius 3 is 2.73 bits per heavy atom. The van der Waals surface area contributed by atoms with Crippen LogP contribution in [0.3, 0.4) is 0 Å². The highest BCUT2D eigenvalue weighted by molar-refractivity contribution is 7.80. The van der Waals surface area contributed by atoms with Crippen molar-refractivity contribution in [1.29, 1.82) is 0 Å². The Morgan fingerprint density at radius 1 is 1.23 bits per heavy atom. The molecule has 0 aliphatic rings. The number of nitrogens with one attached hydrogen (secondary N) is 1. The summed E-state index contributed by atoms with van der Waals surface area (Å²) in [4.78, 5) is 4.32. The summed E-state index contributed by atoms with van der Waals surface area (Å²) in [6.07, 6.45) is 2.61. The molecule has 0 bridgehead atoms. The molecule has 1 heterocycles. The smallest absolute Gasteiger partial charge is 0.237 e. The van der Waals surface area contributed by atoms with E-state index in [0.717, 1.165) is 12.1 Å². The van der Waals surface area contributed by atoms with Crippen molar-refractivity contribution in [3.05, 3.63) is 54.2 Å². The molecule has 1 aromatic carbocycles. The largest absolute Gasteiger partial charge is 0.473 e. The number of benzene rings is 1. The number of thiol groups is 1. The minimum absolute atomic E-state index is 0.00173. The molecular weight excluding hydrogens is 294 g/mol. The van der Waals surface area contributed by atoms with E-state index in [-0.39, 0.29) is 12.1 Å². The van der Waals surface area contributed by atoms with Crippen LogP contribution in [0.25, 0.3) is 0 Å². The molecule has 0 amide bonds. The van der Waals surface area contributed by atoms with Crippen LogP contribution < -0.4 is 15.8 Å². The fraction of sp³-hybridized carbons (Fsp3) is 0.353. The van der Waals surface area contributed by atoms with Crippen molar-refractivity contribution in [2.24, 2.45) is 5.73 Å². The zero-order valence-corrected chi connectivity index (χ0v) is 13.7. The molecule has 22 heavy (non-hydrogen) atoms. The van der Waals surface area contributed by atoms with Crippen molar-refractivity contribution in [2.75, 3.05) is 17.6 Å². The lowest BCUT2D eigenvalue weighted by Gasteiger charge is -2.18. The van der Waals surface area contributed by atoms with Gasteiger partial charge in [-0.05, 0) is 24.6 Å². The molecular formula is C17H23N3OS. The van der Waals surface area contributed by atoms with Gasteiger partial charge in [0.15, 0.2) is 0 Å². The Hall–Kier alpha value is -1.72. The maximum absolute atomic E-state index is 5.98. The zero-order valence-electron chi connectivity index (χ0n) is 12.8. The zero-order chi connectivity index (χ0) is 15.8. The molecule has 2 aromatic rings. The standard InChI is InChI=1S/C17H23N3OS/c1-13(10-14-6-3-2-4-7-14)21-17-16(8-5-9-19-17)20-11-15(18)12-22/h2-9,13,15,20,22H,10-12,18H2,1H3. The molecule has 2 rings (SSSR count). The second-order valence-corrected chi connectivity index (χ2v) is 5.66. The fourth-order valence-electron chi connectivity index (χ4n) is 2.10. The number of nitrogens with zero attached hydrogens (tertiary/aromatic N) is 1. The number of hydrogen-bond donors (Lipinski definition) is 3. The van der Waals surface area contributed by atoms with Gasteiger partial charge in [-0.2, -0.15) is 12.6 Å². The van der Waals surface area contributed by atoms with E-state index >= 15 is 0 Å². The molecule has 0 saturated carbocycles. The molecule has 2 atom stereocenters. The molecule has 0 spiro atoms. The van der Waals surface area contributed by atoms with E-state index in [1.54, 1.807) is 6.20 Å². The monoisotopic (exact) mass is 317 g/mol. The number of aromatic nitrogens is 1. The van der Waals surface area contributed by atoms with E-state index in [2.05, 4.69) is 35.1 Å². The van der Waals surface area contributed by atoms with E-state index in [1.165, 1.54) is 5.56 Å². The summed E-state index contributed by atoms with van der Waals surface area (Å²) in [6, 6.07) is 14.1. The van der Waals surface area contributed by atoms with Gasteiger partial charge in [-0.15, -0.1) is 0 Å². The van der Waals surface area contributed by atoms with Crippen LogP contribution in [0, 0.1) is 0 Å². The number of pyridine rings is 1. The fourth-order valence-corrected chi connectivity index (χ4v) is 2.23. The van der Waals surface area contributed by atoms with Crippen LogP contribution in [0.4, 0.5) is 5.69 Å². The molecule has 0 radical (unpaired) electrons. The Bertz CT molecular complexity index is 565. The van der Waals surface area contributed by atoms with Crippen molar-refractivity contribution in [2.45, 2.75) is 25.5 Å². The Balaban J connectivity index is 1.96. The Morgan fingerprint density at radius 2 is 2.00 bits per heavy atom. The maximum atomic E-state index is 5.98. The molecule has 2 unspecified atom stereocenters. The summed E-state index contributed by atoms with van der Waals surface area (Å²) >= 11 is 4.19. The molecule has 0 aliphatic carbocycles. The van der Waals surface area contributed by atoms with Crippen LogP contribution in [0.15, 0.2) is 48.7 Å². The first-order valence-corrected chi connectivity index (χ1v) is 8.08. The van der Waals surface area contributed by atoms with Crippen molar-refractivity contribution in [1.82, 2.24) is 4.98 Å². The number of nitrogens with two attached hydrogens (primary N) is 1. The Labute approximate surface area is 137 Å². The highest BCUT2D eigenvalue weighted by atomic mass is 32.1. The van der Waals surface area contributed by atoms with E-state index in [1.807, 2.05) is 37.3 Å². The molecule has 0 aliphatic heterocycles. The first kappa shape index (κ1) is 16.6. The van der Waals surface area contributed by atoms with Gasteiger partial charge in [-0.25, -0.2) is 4.98 Å². The number of hydrogen-bond acceptors (Lipinski definition) is 5. The highest BCUT2D eigenvalue weighted by Crippen LogP contribution is 2.22. The molecule has 118 valence electrons. The van der Waals surface area contributed by atoms with E-state index < -0.39 is 0 Å². The molecule has 0 fully saturated rings. The summed E-state index contributed by atoms with van der Waals surface area (Å²) < 4.78 is 5.98. The second kappa shape index (κ2) is 8.66. The van der Waals surface area contributed by atoms with Gasteiger partial charge in [-0.3, -0.25) is 0 Å². The SMILES string of the molecule is CC(Cc1ccccc1)Oc1ncccc1NCC(N)CS. The first-order valence-electron chi connectivity index (χ1n) is 7.45. The van der Waals surface area contributed by atoms with Crippen LogP contribution in [0.1, 0.15) is 12.5 Å². The number of ether oxygens (including phenoxy) is 1. The topological polar surface area (TPSA) is 60.2 Å². The van der Waals surface area contributed by atoms with Gasteiger partial charge in [0.25, 0.3) is 0 Å². The van der Waals surface area contributed by atoms with Crippen molar-refractivity contribution in [3.63, 3.8) is 0 Å². The van der Waals surface area contributed by atoms with Crippen molar-refractivity contribution in [3.8, 4) is 5.88 Å². The lowest BCUT2D eigenvalue weighted by molar-refractivity contribution is 0.214. The maximum Gasteiger partial charge on any atom is 0.237 e. The molecule has 1 aromatic heterocycles. The van der Waals surface area contributed by atoms with Gasteiger partial charge >= 0.3 is 0 Å². The van der Waals surface area contributed by atoms with Gasteiger partial charge in [0.05, 0.1) is 5.69 Å². The van der Waals surface area contributed by atoms with Crippen LogP contribution in [-0.4, -0.2) is 29.4 Å². The minimum atomic E-state index is -0.00173.